The van der Waals surface area contributed by atoms with Gasteiger partial charge in [-0.2, -0.15) is 13.2 Å². The highest BCUT2D eigenvalue weighted by molar-refractivity contribution is 7.92. The zero-order chi connectivity index (χ0) is 27.7. The molecule has 1 fully saturated rings. The first-order valence-corrected chi connectivity index (χ1v) is 13.8. The number of nitrogens with zero attached hydrogens (tertiary/aromatic N) is 3. The Morgan fingerprint density at radius 2 is 1.92 bits per heavy atom. The molecule has 0 saturated heterocycles. The number of rotatable bonds is 7. The van der Waals surface area contributed by atoms with Crippen molar-refractivity contribution in [3.05, 3.63) is 65.4 Å². The SMILES string of the molecule is Cc1cc(S(=O)(=O)Nc2ccncn2)c(F)cc1NC1CCC(C2=C(C(F)(F)F)C=CCC2)C[C@@H]1N(C)C. The highest BCUT2D eigenvalue weighted by Gasteiger charge is 2.40. The molecule has 2 aliphatic carbocycles. The number of sulfonamides is 1. The minimum Gasteiger partial charge on any atom is -0.380 e. The number of nitrogens with one attached hydrogen (secondary N) is 2. The Kier molecular flexibility index (Phi) is 8.12. The predicted octanol–water partition coefficient (Wildman–Crippen LogP) is 5.44. The van der Waals surface area contributed by atoms with Gasteiger partial charge in [-0.05, 0) is 82.8 Å². The second kappa shape index (κ2) is 11.0. The second-order valence-electron chi connectivity index (χ2n) is 9.97. The molecule has 2 unspecified atom stereocenters. The fourth-order valence-corrected chi connectivity index (χ4v) is 6.50. The number of halogens is 4. The van der Waals surface area contributed by atoms with Crippen molar-refractivity contribution >= 4 is 21.5 Å². The Morgan fingerprint density at radius 1 is 1.16 bits per heavy atom. The van der Waals surface area contributed by atoms with Gasteiger partial charge in [0.1, 0.15) is 22.9 Å². The fraction of sp³-hybridized carbons (Fsp3) is 0.462. The first-order valence-electron chi connectivity index (χ1n) is 12.4. The molecule has 0 spiro atoms. The number of anilines is 2. The Bertz CT molecular complexity index is 1330. The quantitative estimate of drug-likeness (QED) is 0.444. The molecule has 0 radical (unpaired) electrons. The van der Waals surface area contributed by atoms with Crippen LogP contribution in [0.4, 0.5) is 29.1 Å². The maximum Gasteiger partial charge on any atom is 0.416 e. The molecule has 0 aliphatic heterocycles. The number of alkyl halides is 3. The summed E-state index contributed by atoms with van der Waals surface area (Å²) in [6.07, 6.45) is 3.62. The molecule has 7 nitrogen and oxygen atoms in total. The molecule has 206 valence electrons. The van der Waals surface area contributed by atoms with E-state index >= 15 is 4.39 Å². The van der Waals surface area contributed by atoms with Crippen molar-refractivity contribution in [2.45, 2.75) is 62.2 Å². The average molecular weight is 554 g/mol. The van der Waals surface area contributed by atoms with Gasteiger partial charge >= 0.3 is 6.18 Å². The highest BCUT2D eigenvalue weighted by Crippen LogP contribution is 2.42. The third-order valence-electron chi connectivity index (χ3n) is 7.22. The van der Waals surface area contributed by atoms with Crippen molar-refractivity contribution in [3.8, 4) is 0 Å². The van der Waals surface area contributed by atoms with E-state index in [1.165, 1.54) is 30.7 Å². The van der Waals surface area contributed by atoms with Crippen LogP contribution in [0.25, 0.3) is 0 Å². The normalized spacial score (nSPS) is 22.6. The number of allylic oxidation sites excluding steroid dienone is 4. The van der Waals surface area contributed by atoms with Gasteiger partial charge in [-0.1, -0.05) is 17.7 Å². The van der Waals surface area contributed by atoms with Crippen LogP contribution in [0.5, 0.6) is 0 Å². The lowest BCUT2D eigenvalue weighted by molar-refractivity contribution is -0.0900. The third kappa shape index (κ3) is 6.17. The summed E-state index contributed by atoms with van der Waals surface area (Å²) in [5.41, 5.74) is 0.907. The number of benzene rings is 1. The van der Waals surface area contributed by atoms with E-state index < -0.39 is 32.5 Å². The van der Waals surface area contributed by atoms with Crippen LogP contribution in [0.3, 0.4) is 0 Å². The van der Waals surface area contributed by atoms with Crippen molar-refractivity contribution in [1.82, 2.24) is 14.9 Å². The summed E-state index contributed by atoms with van der Waals surface area (Å²) in [5, 5.41) is 3.34. The van der Waals surface area contributed by atoms with Crippen LogP contribution in [0.2, 0.25) is 0 Å². The molecule has 38 heavy (non-hydrogen) atoms. The standard InChI is InChI=1S/C26H31F4N5O2S/c1-16-12-24(38(36,37)34-25-10-11-31-15-32-25)20(27)14-22(16)33-21-9-8-17(13-23(21)35(2)3)18-6-4-5-7-19(18)26(28,29)30/h5,7,10-12,14-15,17,21,23,33H,4,6,8-9,13H2,1-3H3,(H,31,32,34)/t17?,21?,23-/m0/s1. The zero-order valence-corrected chi connectivity index (χ0v) is 22.2. The van der Waals surface area contributed by atoms with Gasteiger partial charge in [0.15, 0.2) is 0 Å². The molecule has 2 aromatic rings. The maximum atomic E-state index is 15.1. The second-order valence-corrected chi connectivity index (χ2v) is 11.6. The minimum atomic E-state index is -4.38. The molecule has 12 heteroatoms. The van der Waals surface area contributed by atoms with Gasteiger partial charge < -0.3 is 10.2 Å². The fourth-order valence-electron chi connectivity index (χ4n) is 5.34. The zero-order valence-electron chi connectivity index (χ0n) is 21.4. The van der Waals surface area contributed by atoms with E-state index in [-0.39, 0.29) is 23.8 Å². The van der Waals surface area contributed by atoms with Crippen LogP contribution in [0, 0.1) is 18.7 Å². The predicted molar refractivity (Wildman–Crippen MR) is 138 cm³/mol. The summed E-state index contributed by atoms with van der Waals surface area (Å²) in [4.78, 5) is 9.00. The van der Waals surface area contributed by atoms with E-state index in [1.807, 2.05) is 19.0 Å². The van der Waals surface area contributed by atoms with Gasteiger partial charge in [0, 0.05) is 24.0 Å². The van der Waals surface area contributed by atoms with Gasteiger partial charge in [-0.3, -0.25) is 4.72 Å². The monoisotopic (exact) mass is 553 g/mol. The van der Waals surface area contributed by atoms with Crippen LogP contribution in [-0.4, -0.2) is 55.6 Å². The number of hydrogen-bond acceptors (Lipinski definition) is 6. The number of aromatic nitrogens is 2. The molecule has 2 aliphatic rings. The van der Waals surface area contributed by atoms with E-state index in [4.69, 9.17) is 0 Å². The van der Waals surface area contributed by atoms with E-state index in [0.717, 1.165) is 6.07 Å². The average Bonchev–Trinajstić information content (AvgIpc) is 2.86. The molecule has 4 rings (SSSR count). The van der Waals surface area contributed by atoms with Crippen LogP contribution in [-0.2, 0) is 10.0 Å². The topological polar surface area (TPSA) is 87.2 Å². The lowest BCUT2D eigenvalue weighted by Gasteiger charge is -2.42. The lowest BCUT2D eigenvalue weighted by atomic mass is 9.74. The Morgan fingerprint density at radius 3 is 2.58 bits per heavy atom. The lowest BCUT2D eigenvalue weighted by Crippen LogP contribution is -2.48. The van der Waals surface area contributed by atoms with Crippen LogP contribution in [0.1, 0.15) is 37.7 Å². The molecule has 2 N–H and O–H groups in total. The third-order valence-corrected chi connectivity index (χ3v) is 8.59. The number of hydrogen-bond donors (Lipinski definition) is 2. The Balaban J connectivity index is 1.54. The molecule has 0 amide bonds. The molecular weight excluding hydrogens is 522 g/mol. The Labute approximate surface area is 220 Å². The largest absolute Gasteiger partial charge is 0.416 e. The molecule has 0 bridgehead atoms. The van der Waals surface area contributed by atoms with Gasteiger partial charge in [-0.25, -0.2) is 22.8 Å². The summed E-state index contributed by atoms with van der Waals surface area (Å²) in [5.74, 6) is -1.11. The van der Waals surface area contributed by atoms with Gasteiger partial charge in [0.05, 0.1) is 5.57 Å². The van der Waals surface area contributed by atoms with Crippen LogP contribution < -0.4 is 10.0 Å². The molecule has 1 saturated carbocycles. The van der Waals surface area contributed by atoms with E-state index in [2.05, 4.69) is 20.0 Å². The van der Waals surface area contributed by atoms with Crippen molar-refractivity contribution in [2.75, 3.05) is 24.1 Å². The van der Waals surface area contributed by atoms with Gasteiger partial charge in [0.25, 0.3) is 10.0 Å². The van der Waals surface area contributed by atoms with Crippen molar-refractivity contribution in [2.24, 2.45) is 5.92 Å². The van der Waals surface area contributed by atoms with E-state index in [0.29, 0.717) is 48.9 Å². The summed E-state index contributed by atoms with van der Waals surface area (Å²) in [6, 6.07) is 3.50. The molecule has 3 atom stereocenters. The van der Waals surface area contributed by atoms with Crippen LogP contribution >= 0.6 is 0 Å². The smallest absolute Gasteiger partial charge is 0.380 e. The highest BCUT2D eigenvalue weighted by atomic mass is 32.2. The van der Waals surface area contributed by atoms with E-state index in [1.54, 1.807) is 13.0 Å². The number of aryl methyl sites for hydroxylation is 1. The molecular formula is C26H31F4N5O2S. The van der Waals surface area contributed by atoms with Crippen molar-refractivity contribution in [3.63, 3.8) is 0 Å². The number of likely N-dealkylation sites (N-methyl/N-ethyl adjacent to an activating group) is 1. The van der Waals surface area contributed by atoms with Gasteiger partial charge in [0.2, 0.25) is 0 Å². The first kappa shape index (κ1) is 28.0. The first-order chi connectivity index (χ1) is 17.9. The van der Waals surface area contributed by atoms with E-state index in [9.17, 15) is 21.6 Å². The summed E-state index contributed by atoms with van der Waals surface area (Å²) in [7, 11) is -0.475. The molecule has 1 aromatic heterocycles. The molecule has 1 aromatic carbocycles. The van der Waals surface area contributed by atoms with Gasteiger partial charge in [-0.15, -0.1) is 0 Å². The van der Waals surface area contributed by atoms with Crippen LogP contribution in [0.15, 0.2) is 58.9 Å². The minimum absolute atomic E-state index is 0.0158. The van der Waals surface area contributed by atoms with Crippen molar-refractivity contribution in [1.29, 1.82) is 0 Å². The Hall–Kier alpha value is -2.99. The van der Waals surface area contributed by atoms with Crippen molar-refractivity contribution < 1.29 is 26.0 Å². The summed E-state index contributed by atoms with van der Waals surface area (Å²) < 4.78 is 83.9. The molecule has 1 heterocycles. The maximum absolute atomic E-state index is 15.1. The summed E-state index contributed by atoms with van der Waals surface area (Å²) in [6.45, 7) is 1.68. The summed E-state index contributed by atoms with van der Waals surface area (Å²) >= 11 is 0.